The minimum absolute atomic E-state index is 0.410. The number of hydrogen-bond donors (Lipinski definition) is 1. The Kier molecular flexibility index (Phi) is 2.32. The van der Waals surface area contributed by atoms with Crippen LogP contribution in [-0.4, -0.2) is 24.7 Å². The fraction of sp³-hybridized carbons (Fsp3) is 0.143. The highest BCUT2D eigenvalue weighted by Gasteiger charge is 2.04. The first kappa shape index (κ1) is 8.95. The molecule has 0 aromatic carbocycles. The van der Waals surface area contributed by atoms with Crippen molar-refractivity contribution in [2.24, 2.45) is 7.05 Å². The van der Waals surface area contributed by atoms with Crippen molar-refractivity contribution >= 4 is 17.6 Å². The summed E-state index contributed by atoms with van der Waals surface area (Å²) in [5, 5.41) is 9.18. The molecule has 2 heterocycles. The van der Waals surface area contributed by atoms with Crippen molar-refractivity contribution in [1.29, 1.82) is 0 Å². The number of aryl methyl sites for hydroxylation is 1. The second-order valence-corrected chi connectivity index (χ2v) is 3.59. The maximum absolute atomic E-state index is 5.41. The summed E-state index contributed by atoms with van der Waals surface area (Å²) in [5.41, 5.74) is 5.41. The quantitative estimate of drug-likeness (QED) is 0.766. The molecule has 2 aromatic heterocycles. The monoisotopic (exact) mass is 208 g/mol. The number of nitrogens with two attached hydrogens (primary N) is 1. The average molecular weight is 208 g/mol. The Hall–Kier alpha value is -1.63. The maximum atomic E-state index is 5.41. The molecule has 14 heavy (non-hydrogen) atoms. The minimum Gasteiger partial charge on any atom is -0.382 e. The molecule has 0 aliphatic heterocycles. The Bertz CT molecular complexity index is 422. The standard InChI is InChI=1S/C7H8N6S/c1-13-4-11-12-7(13)14-6-3-9-5(8)2-10-6/h2-4H,1H3,(H2,8,9). The zero-order chi connectivity index (χ0) is 9.97. The Morgan fingerprint density at radius 2 is 2.21 bits per heavy atom. The fourth-order valence-corrected chi connectivity index (χ4v) is 1.51. The first-order valence-corrected chi connectivity index (χ1v) is 4.67. The second-order valence-electron chi connectivity index (χ2n) is 2.61. The van der Waals surface area contributed by atoms with Gasteiger partial charge < -0.3 is 10.3 Å². The van der Waals surface area contributed by atoms with E-state index in [0.29, 0.717) is 5.82 Å². The van der Waals surface area contributed by atoms with Crippen LogP contribution in [0.1, 0.15) is 0 Å². The van der Waals surface area contributed by atoms with Crippen LogP contribution in [0.2, 0.25) is 0 Å². The number of nitrogen functional groups attached to an aromatic ring is 1. The van der Waals surface area contributed by atoms with Gasteiger partial charge >= 0.3 is 0 Å². The van der Waals surface area contributed by atoms with Gasteiger partial charge in [-0.3, -0.25) is 0 Å². The Labute approximate surface area is 84.6 Å². The van der Waals surface area contributed by atoms with Crippen LogP contribution >= 0.6 is 11.8 Å². The predicted molar refractivity (Wildman–Crippen MR) is 51.6 cm³/mol. The number of aromatic nitrogens is 5. The summed E-state index contributed by atoms with van der Waals surface area (Å²) in [6.07, 6.45) is 4.75. The third-order valence-corrected chi connectivity index (χ3v) is 2.49. The molecule has 0 aliphatic rings. The van der Waals surface area contributed by atoms with Crippen LogP contribution in [0.5, 0.6) is 0 Å². The largest absolute Gasteiger partial charge is 0.382 e. The lowest BCUT2D eigenvalue weighted by Crippen LogP contribution is -1.93. The van der Waals surface area contributed by atoms with Crippen LogP contribution in [0, 0.1) is 0 Å². The maximum Gasteiger partial charge on any atom is 0.197 e. The van der Waals surface area contributed by atoms with Gasteiger partial charge in [0.05, 0.1) is 12.4 Å². The Morgan fingerprint density at radius 1 is 1.36 bits per heavy atom. The van der Waals surface area contributed by atoms with Crippen LogP contribution in [0.3, 0.4) is 0 Å². The van der Waals surface area contributed by atoms with Crippen molar-refractivity contribution in [3.8, 4) is 0 Å². The molecule has 2 N–H and O–H groups in total. The van der Waals surface area contributed by atoms with Crippen LogP contribution in [0.15, 0.2) is 28.9 Å². The van der Waals surface area contributed by atoms with Crippen LogP contribution in [-0.2, 0) is 7.05 Å². The van der Waals surface area contributed by atoms with E-state index in [0.717, 1.165) is 10.2 Å². The first-order chi connectivity index (χ1) is 6.75. The highest BCUT2D eigenvalue weighted by atomic mass is 32.2. The molecule has 6 nitrogen and oxygen atoms in total. The van der Waals surface area contributed by atoms with Crippen molar-refractivity contribution in [3.05, 3.63) is 18.7 Å². The predicted octanol–water partition coefficient (Wildman–Crippen LogP) is 0.338. The fourth-order valence-electron chi connectivity index (χ4n) is 0.837. The highest BCUT2D eigenvalue weighted by molar-refractivity contribution is 7.99. The van der Waals surface area contributed by atoms with Gasteiger partial charge in [0.1, 0.15) is 17.2 Å². The number of anilines is 1. The summed E-state index contributed by atoms with van der Waals surface area (Å²) in [6.45, 7) is 0. The van der Waals surface area contributed by atoms with E-state index < -0.39 is 0 Å². The van der Waals surface area contributed by atoms with Crippen molar-refractivity contribution < 1.29 is 0 Å². The number of rotatable bonds is 2. The summed E-state index contributed by atoms with van der Waals surface area (Å²) in [7, 11) is 1.87. The normalized spacial score (nSPS) is 10.4. The van der Waals surface area contributed by atoms with Crippen LogP contribution < -0.4 is 5.73 Å². The summed E-state index contributed by atoms with van der Waals surface area (Å²) < 4.78 is 1.81. The van der Waals surface area contributed by atoms with Gasteiger partial charge in [-0.25, -0.2) is 9.97 Å². The van der Waals surface area contributed by atoms with Gasteiger partial charge in [-0.1, -0.05) is 0 Å². The van der Waals surface area contributed by atoms with Crippen LogP contribution in [0.25, 0.3) is 0 Å². The zero-order valence-electron chi connectivity index (χ0n) is 7.45. The molecule has 2 aromatic rings. The van der Waals surface area contributed by atoms with Gasteiger partial charge in [-0.15, -0.1) is 10.2 Å². The highest BCUT2D eigenvalue weighted by Crippen LogP contribution is 2.22. The van der Waals surface area contributed by atoms with E-state index in [1.165, 1.54) is 18.0 Å². The van der Waals surface area contributed by atoms with Crippen LogP contribution in [0.4, 0.5) is 5.82 Å². The van der Waals surface area contributed by atoms with E-state index in [1.807, 2.05) is 11.6 Å². The van der Waals surface area contributed by atoms with Gasteiger partial charge in [0.25, 0.3) is 0 Å². The lowest BCUT2D eigenvalue weighted by Gasteiger charge is -1.98. The second kappa shape index (κ2) is 3.62. The molecule has 0 saturated heterocycles. The van der Waals surface area contributed by atoms with E-state index in [1.54, 1.807) is 12.5 Å². The summed E-state index contributed by atoms with van der Waals surface area (Å²) in [5.74, 6) is 0.410. The smallest absolute Gasteiger partial charge is 0.197 e. The van der Waals surface area contributed by atoms with E-state index in [4.69, 9.17) is 5.73 Å². The van der Waals surface area contributed by atoms with Crippen molar-refractivity contribution in [1.82, 2.24) is 24.7 Å². The molecule has 0 bridgehead atoms. The molecular formula is C7H8N6S. The third kappa shape index (κ3) is 1.82. The first-order valence-electron chi connectivity index (χ1n) is 3.85. The molecule has 0 atom stereocenters. The molecule has 0 fully saturated rings. The molecule has 0 saturated carbocycles. The molecule has 0 amide bonds. The van der Waals surface area contributed by atoms with E-state index in [-0.39, 0.29) is 0 Å². The summed E-state index contributed by atoms with van der Waals surface area (Å²) in [6, 6.07) is 0. The van der Waals surface area contributed by atoms with Gasteiger partial charge in [0.15, 0.2) is 5.16 Å². The number of hydrogen-bond acceptors (Lipinski definition) is 6. The summed E-state index contributed by atoms with van der Waals surface area (Å²) >= 11 is 1.39. The molecule has 0 radical (unpaired) electrons. The third-order valence-electron chi connectivity index (χ3n) is 1.51. The molecule has 7 heteroatoms. The zero-order valence-corrected chi connectivity index (χ0v) is 8.27. The molecule has 0 unspecified atom stereocenters. The lowest BCUT2D eigenvalue weighted by molar-refractivity contribution is 0.786. The number of nitrogens with zero attached hydrogens (tertiary/aromatic N) is 5. The average Bonchev–Trinajstić information content (AvgIpc) is 2.56. The van der Waals surface area contributed by atoms with E-state index >= 15 is 0 Å². The topological polar surface area (TPSA) is 82.5 Å². The van der Waals surface area contributed by atoms with Gasteiger partial charge in [0.2, 0.25) is 0 Å². The van der Waals surface area contributed by atoms with E-state index in [9.17, 15) is 0 Å². The summed E-state index contributed by atoms with van der Waals surface area (Å²) in [4.78, 5) is 8.01. The Morgan fingerprint density at radius 3 is 2.79 bits per heavy atom. The molecule has 2 rings (SSSR count). The lowest BCUT2D eigenvalue weighted by atomic mass is 10.7. The Balaban J connectivity index is 2.19. The SMILES string of the molecule is Cn1cnnc1Sc1cnc(N)cn1. The van der Waals surface area contributed by atoms with Crippen molar-refractivity contribution in [2.45, 2.75) is 10.2 Å². The van der Waals surface area contributed by atoms with Gasteiger partial charge in [0, 0.05) is 7.05 Å². The van der Waals surface area contributed by atoms with E-state index in [2.05, 4.69) is 20.2 Å². The molecule has 0 spiro atoms. The molecule has 72 valence electrons. The minimum atomic E-state index is 0.410. The molecule has 0 aliphatic carbocycles. The van der Waals surface area contributed by atoms with Crippen molar-refractivity contribution in [3.63, 3.8) is 0 Å². The molecular weight excluding hydrogens is 200 g/mol. The van der Waals surface area contributed by atoms with Crippen molar-refractivity contribution in [2.75, 3.05) is 5.73 Å². The van der Waals surface area contributed by atoms with Gasteiger partial charge in [-0.2, -0.15) is 0 Å². The van der Waals surface area contributed by atoms with Gasteiger partial charge in [-0.05, 0) is 11.8 Å².